The molecule has 2 nitrogen and oxygen atoms in total. The lowest BCUT2D eigenvalue weighted by Crippen LogP contribution is -2.06. The van der Waals surface area contributed by atoms with Crippen LogP contribution in [0.2, 0.25) is 0 Å². The zero-order valence-corrected chi connectivity index (χ0v) is 13.8. The average Bonchev–Trinajstić information content (AvgIpc) is 2.71. The summed E-state index contributed by atoms with van der Waals surface area (Å²) in [5, 5.41) is -0.776. The van der Waals surface area contributed by atoms with Gasteiger partial charge in [-0.15, -0.1) is 0 Å². The van der Waals surface area contributed by atoms with Crippen molar-refractivity contribution < 1.29 is 8.42 Å². The molecule has 0 N–H and O–H groups in total. The molecule has 0 saturated heterocycles. The normalized spacial score (nSPS) is 18.4. The van der Waals surface area contributed by atoms with Gasteiger partial charge in [0.25, 0.3) is 0 Å². The number of hydrogen-bond donors (Lipinski definition) is 0. The first-order valence-electron chi connectivity index (χ1n) is 6.20. The summed E-state index contributed by atoms with van der Waals surface area (Å²) >= 11 is 3.51. The molecule has 2 aromatic carbocycles. The van der Waals surface area contributed by atoms with E-state index < -0.39 is 14.3 Å². The Kier molecular flexibility index (Phi) is 3.43. The summed E-state index contributed by atoms with van der Waals surface area (Å²) in [7, 11) is 1.97. The SMILES string of the molecule is CC(Br)c1ccc2c(c1)C(S(=O)(=O)Cl)c1ccccc1-2. The topological polar surface area (TPSA) is 34.1 Å². The first-order chi connectivity index (χ1) is 9.39. The van der Waals surface area contributed by atoms with Gasteiger partial charge in [-0.25, -0.2) is 8.42 Å². The molecule has 0 saturated carbocycles. The highest BCUT2D eigenvalue weighted by molar-refractivity contribution is 9.09. The van der Waals surface area contributed by atoms with E-state index in [-0.39, 0.29) is 4.83 Å². The Morgan fingerprint density at radius 1 is 1.10 bits per heavy atom. The Bertz CT molecular complexity index is 784. The Balaban J connectivity index is 2.31. The third-order valence-electron chi connectivity index (χ3n) is 3.63. The number of alkyl halides is 1. The summed E-state index contributed by atoms with van der Waals surface area (Å²) in [4.78, 5) is 0.162. The molecule has 0 bridgehead atoms. The summed E-state index contributed by atoms with van der Waals surface area (Å²) in [6.45, 7) is 2.01. The van der Waals surface area contributed by atoms with E-state index in [2.05, 4.69) is 15.9 Å². The number of fused-ring (bicyclic) bond motifs is 3. The van der Waals surface area contributed by atoms with Crippen molar-refractivity contribution >= 4 is 35.7 Å². The molecule has 1 aliphatic rings. The molecule has 3 rings (SSSR count). The lowest BCUT2D eigenvalue weighted by molar-refractivity contribution is 0.604. The second-order valence-electron chi connectivity index (χ2n) is 4.91. The minimum Gasteiger partial charge on any atom is -0.211 e. The zero-order valence-electron chi connectivity index (χ0n) is 10.7. The lowest BCUT2D eigenvalue weighted by atomic mass is 10.0. The van der Waals surface area contributed by atoms with E-state index in [0.29, 0.717) is 0 Å². The molecule has 0 amide bonds. The monoisotopic (exact) mass is 370 g/mol. The summed E-state index contributed by atoms with van der Waals surface area (Å²) in [6.07, 6.45) is 0. The largest absolute Gasteiger partial charge is 0.243 e. The molecular weight excluding hydrogens is 360 g/mol. The molecule has 0 spiro atoms. The van der Waals surface area contributed by atoms with E-state index in [0.717, 1.165) is 27.8 Å². The molecule has 5 heteroatoms. The fourth-order valence-corrected chi connectivity index (χ4v) is 4.60. The molecule has 2 unspecified atom stereocenters. The Labute approximate surface area is 131 Å². The molecule has 0 heterocycles. The second kappa shape index (κ2) is 4.86. The van der Waals surface area contributed by atoms with Crippen molar-refractivity contribution in [1.29, 1.82) is 0 Å². The van der Waals surface area contributed by atoms with Gasteiger partial charge in [0.15, 0.2) is 0 Å². The molecule has 2 aromatic rings. The smallest absolute Gasteiger partial charge is 0.211 e. The molecule has 0 aromatic heterocycles. The van der Waals surface area contributed by atoms with Crippen LogP contribution < -0.4 is 0 Å². The van der Waals surface area contributed by atoms with E-state index in [9.17, 15) is 8.42 Å². The highest BCUT2D eigenvalue weighted by Crippen LogP contribution is 2.49. The zero-order chi connectivity index (χ0) is 14.5. The van der Waals surface area contributed by atoms with Gasteiger partial charge >= 0.3 is 0 Å². The van der Waals surface area contributed by atoms with Gasteiger partial charge in [-0.3, -0.25) is 0 Å². The maximum atomic E-state index is 12.0. The van der Waals surface area contributed by atoms with Crippen molar-refractivity contribution in [2.75, 3.05) is 0 Å². The van der Waals surface area contributed by atoms with Crippen LogP contribution in [0.15, 0.2) is 42.5 Å². The van der Waals surface area contributed by atoms with Crippen LogP contribution in [-0.2, 0) is 9.05 Å². The van der Waals surface area contributed by atoms with Gasteiger partial charge in [0.1, 0.15) is 5.25 Å². The first-order valence-corrected chi connectivity index (χ1v) is 9.49. The van der Waals surface area contributed by atoms with Crippen molar-refractivity contribution in [3.05, 3.63) is 59.2 Å². The van der Waals surface area contributed by atoms with Crippen LogP contribution in [0.25, 0.3) is 11.1 Å². The first kappa shape index (κ1) is 14.1. The third kappa shape index (κ3) is 2.20. The Hall–Kier alpha value is -0.840. The van der Waals surface area contributed by atoms with Crippen molar-refractivity contribution in [1.82, 2.24) is 0 Å². The van der Waals surface area contributed by atoms with Crippen molar-refractivity contribution in [2.24, 2.45) is 0 Å². The van der Waals surface area contributed by atoms with E-state index >= 15 is 0 Å². The van der Waals surface area contributed by atoms with E-state index in [1.807, 2.05) is 49.4 Å². The maximum absolute atomic E-state index is 12.0. The Morgan fingerprint density at radius 3 is 2.40 bits per heavy atom. The quantitative estimate of drug-likeness (QED) is 0.562. The van der Waals surface area contributed by atoms with Crippen LogP contribution >= 0.6 is 26.6 Å². The second-order valence-corrected chi connectivity index (χ2v) is 8.99. The lowest BCUT2D eigenvalue weighted by Gasteiger charge is -2.11. The van der Waals surface area contributed by atoms with Gasteiger partial charge in [-0.1, -0.05) is 58.4 Å². The Morgan fingerprint density at radius 2 is 1.75 bits per heavy atom. The highest BCUT2D eigenvalue weighted by atomic mass is 79.9. The summed E-state index contributed by atoms with van der Waals surface area (Å²) in [6, 6.07) is 13.4. The van der Waals surface area contributed by atoms with Crippen LogP contribution in [0.1, 0.15) is 33.7 Å². The third-order valence-corrected chi connectivity index (χ3v) is 5.77. The highest BCUT2D eigenvalue weighted by Gasteiger charge is 2.37. The van der Waals surface area contributed by atoms with Crippen molar-refractivity contribution in [3.8, 4) is 11.1 Å². The summed E-state index contributed by atoms with van der Waals surface area (Å²) in [5.74, 6) is 0. The molecule has 1 aliphatic carbocycles. The molecule has 0 aliphatic heterocycles. The van der Waals surface area contributed by atoms with Crippen LogP contribution in [0.3, 0.4) is 0 Å². The molecular formula is C15H12BrClO2S. The van der Waals surface area contributed by atoms with E-state index in [4.69, 9.17) is 10.7 Å². The number of halogens is 2. The molecule has 0 radical (unpaired) electrons. The number of hydrogen-bond acceptors (Lipinski definition) is 2. The summed E-state index contributed by atoms with van der Waals surface area (Å²) < 4.78 is 24.0. The predicted octanol–water partition coefficient (Wildman–Crippen LogP) is 4.78. The van der Waals surface area contributed by atoms with Crippen LogP contribution in [-0.4, -0.2) is 8.42 Å². The van der Waals surface area contributed by atoms with Gasteiger partial charge in [-0.05, 0) is 34.7 Å². The van der Waals surface area contributed by atoms with Gasteiger partial charge in [0, 0.05) is 15.5 Å². The minimum atomic E-state index is -3.71. The minimum absolute atomic E-state index is 0.162. The maximum Gasteiger partial charge on any atom is 0.243 e. The van der Waals surface area contributed by atoms with Gasteiger partial charge in [0.05, 0.1) is 0 Å². The van der Waals surface area contributed by atoms with Crippen molar-refractivity contribution in [3.63, 3.8) is 0 Å². The standard InChI is InChI=1S/C15H12BrClO2S/c1-9(16)10-6-7-12-11-4-2-3-5-13(11)15(14(12)8-10)20(17,18)19/h2-9,15H,1H3. The summed E-state index contributed by atoms with van der Waals surface area (Å²) in [5.41, 5.74) is 4.47. The van der Waals surface area contributed by atoms with Crippen molar-refractivity contribution in [2.45, 2.75) is 17.0 Å². The van der Waals surface area contributed by atoms with Gasteiger partial charge in [0.2, 0.25) is 9.05 Å². The molecule has 2 atom stereocenters. The number of benzene rings is 2. The predicted molar refractivity (Wildman–Crippen MR) is 85.8 cm³/mol. The van der Waals surface area contributed by atoms with Gasteiger partial charge in [-0.2, -0.15) is 0 Å². The van der Waals surface area contributed by atoms with Gasteiger partial charge < -0.3 is 0 Å². The molecule has 104 valence electrons. The van der Waals surface area contributed by atoms with E-state index in [1.165, 1.54) is 0 Å². The fourth-order valence-electron chi connectivity index (χ4n) is 2.73. The van der Waals surface area contributed by atoms with Crippen LogP contribution in [0.4, 0.5) is 0 Å². The van der Waals surface area contributed by atoms with Crippen LogP contribution in [0, 0.1) is 0 Å². The average molecular weight is 372 g/mol. The van der Waals surface area contributed by atoms with E-state index in [1.54, 1.807) is 0 Å². The fraction of sp³-hybridized carbons (Fsp3) is 0.200. The number of rotatable bonds is 2. The molecule has 20 heavy (non-hydrogen) atoms. The molecule has 0 fully saturated rings. The van der Waals surface area contributed by atoms with Crippen LogP contribution in [0.5, 0.6) is 0 Å².